The summed E-state index contributed by atoms with van der Waals surface area (Å²) >= 11 is 0. The molecule has 0 bridgehead atoms. The quantitative estimate of drug-likeness (QED) is 0.552. The van der Waals surface area contributed by atoms with Crippen molar-refractivity contribution >= 4 is 9.84 Å². The van der Waals surface area contributed by atoms with E-state index < -0.39 is 9.84 Å². The Morgan fingerprint density at radius 2 is 2.28 bits per heavy atom. The number of methoxy groups -OCH3 is 1. The number of nitrogens with one attached hydrogen (secondary N) is 1. The minimum atomic E-state index is -2.94. The predicted molar refractivity (Wildman–Crippen MR) is 69.8 cm³/mol. The summed E-state index contributed by atoms with van der Waals surface area (Å²) in [5.41, 5.74) is 3.55. The molecule has 0 aliphatic carbocycles. The molecule has 18 heavy (non-hydrogen) atoms. The van der Waals surface area contributed by atoms with Crippen LogP contribution in [0.5, 0.6) is 5.75 Å². The number of nitrogens with two attached hydrogens (primary N) is 1. The lowest BCUT2D eigenvalue weighted by molar-refractivity contribution is 0.393. The number of ether oxygens (including phenoxy) is 1. The van der Waals surface area contributed by atoms with Gasteiger partial charge in [0.2, 0.25) is 0 Å². The SMILES string of the molecule is COc1cnccc1C(CCCS(C)(=O)=O)NN. The third-order valence-corrected chi connectivity index (χ3v) is 3.65. The molecule has 1 unspecified atom stereocenters. The number of rotatable bonds is 7. The summed E-state index contributed by atoms with van der Waals surface area (Å²) in [5, 5.41) is 0. The highest BCUT2D eigenvalue weighted by Gasteiger charge is 2.15. The van der Waals surface area contributed by atoms with E-state index in [1.165, 1.54) is 6.26 Å². The predicted octanol–water partition coefficient (Wildman–Crippen LogP) is 0.419. The van der Waals surface area contributed by atoms with Gasteiger partial charge in [0.15, 0.2) is 0 Å². The van der Waals surface area contributed by atoms with Crippen molar-refractivity contribution in [3.8, 4) is 5.75 Å². The molecular weight excluding hydrogens is 254 g/mol. The van der Waals surface area contributed by atoms with E-state index in [2.05, 4.69) is 10.4 Å². The fourth-order valence-corrected chi connectivity index (χ4v) is 2.42. The van der Waals surface area contributed by atoms with Gasteiger partial charge in [-0.2, -0.15) is 0 Å². The summed E-state index contributed by atoms with van der Waals surface area (Å²) in [7, 11) is -1.38. The van der Waals surface area contributed by atoms with Crippen LogP contribution in [0.1, 0.15) is 24.4 Å². The van der Waals surface area contributed by atoms with Crippen molar-refractivity contribution in [2.75, 3.05) is 19.1 Å². The normalized spacial score (nSPS) is 13.3. The lowest BCUT2D eigenvalue weighted by atomic mass is 10.0. The van der Waals surface area contributed by atoms with Crippen molar-refractivity contribution in [3.63, 3.8) is 0 Å². The van der Waals surface area contributed by atoms with E-state index in [-0.39, 0.29) is 11.8 Å². The fraction of sp³-hybridized carbons (Fsp3) is 0.545. The number of aromatic nitrogens is 1. The number of hydrazine groups is 1. The van der Waals surface area contributed by atoms with Crippen molar-refractivity contribution in [3.05, 3.63) is 24.0 Å². The van der Waals surface area contributed by atoms with Crippen LogP contribution in [0.25, 0.3) is 0 Å². The topological polar surface area (TPSA) is 94.3 Å². The zero-order valence-electron chi connectivity index (χ0n) is 10.6. The number of nitrogens with zero attached hydrogens (tertiary/aromatic N) is 1. The maximum absolute atomic E-state index is 11.1. The summed E-state index contributed by atoms with van der Waals surface area (Å²) in [6, 6.07) is 1.66. The molecule has 0 saturated heterocycles. The van der Waals surface area contributed by atoms with Crippen LogP contribution in [0.15, 0.2) is 18.5 Å². The standard InChI is InChI=1S/C11H19N3O3S/c1-17-11-8-13-6-5-9(11)10(14-12)4-3-7-18(2,15)16/h5-6,8,10,14H,3-4,7,12H2,1-2H3. The maximum atomic E-state index is 11.1. The van der Waals surface area contributed by atoms with Crippen LogP contribution in [0, 0.1) is 0 Å². The first-order chi connectivity index (χ1) is 8.48. The summed E-state index contributed by atoms with van der Waals surface area (Å²) in [6.45, 7) is 0. The van der Waals surface area contributed by atoms with Crippen molar-refractivity contribution < 1.29 is 13.2 Å². The van der Waals surface area contributed by atoms with E-state index in [0.29, 0.717) is 18.6 Å². The molecular formula is C11H19N3O3S. The molecule has 0 aliphatic rings. The first-order valence-corrected chi connectivity index (χ1v) is 7.65. The van der Waals surface area contributed by atoms with Crippen LogP contribution in [-0.2, 0) is 9.84 Å². The molecule has 1 aromatic rings. The average molecular weight is 273 g/mol. The second-order valence-electron chi connectivity index (χ2n) is 4.11. The molecule has 0 aromatic carbocycles. The zero-order chi connectivity index (χ0) is 13.6. The van der Waals surface area contributed by atoms with Gasteiger partial charge in [0.1, 0.15) is 15.6 Å². The smallest absolute Gasteiger partial charge is 0.147 e. The lowest BCUT2D eigenvalue weighted by Crippen LogP contribution is -2.28. The number of pyridine rings is 1. The molecule has 1 heterocycles. The highest BCUT2D eigenvalue weighted by atomic mass is 32.2. The van der Waals surface area contributed by atoms with Gasteiger partial charge in [-0.3, -0.25) is 16.3 Å². The molecule has 0 aliphatic heterocycles. The molecule has 1 rings (SSSR count). The van der Waals surface area contributed by atoms with Crippen molar-refractivity contribution in [1.82, 2.24) is 10.4 Å². The third-order valence-electron chi connectivity index (χ3n) is 2.62. The Labute approximate surface area is 107 Å². The lowest BCUT2D eigenvalue weighted by Gasteiger charge is -2.18. The van der Waals surface area contributed by atoms with Crippen LogP contribution in [0.4, 0.5) is 0 Å². The van der Waals surface area contributed by atoms with Crippen molar-refractivity contribution in [2.45, 2.75) is 18.9 Å². The zero-order valence-corrected chi connectivity index (χ0v) is 11.4. The largest absolute Gasteiger partial charge is 0.495 e. The van der Waals surface area contributed by atoms with Crippen LogP contribution in [-0.4, -0.2) is 32.5 Å². The Morgan fingerprint density at radius 3 is 2.83 bits per heavy atom. The van der Waals surface area contributed by atoms with Crippen LogP contribution < -0.4 is 16.0 Å². The molecule has 1 aromatic heterocycles. The van der Waals surface area contributed by atoms with Gasteiger partial charge in [-0.15, -0.1) is 0 Å². The van der Waals surface area contributed by atoms with E-state index in [9.17, 15) is 8.42 Å². The monoisotopic (exact) mass is 273 g/mol. The molecule has 3 N–H and O–H groups in total. The van der Waals surface area contributed by atoms with Gasteiger partial charge in [0.05, 0.1) is 13.3 Å². The van der Waals surface area contributed by atoms with E-state index in [4.69, 9.17) is 10.6 Å². The number of sulfone groups is 1. The molecule has 0 amide bonds. The molecule has 0 radical (unpaired) electrons. The number of hydrogen-bond donors (Lipinski definition) is 2. The van der Waals surface area contributed by atoms with Crippen LogP contribution >= 0.6 is 0 Å². The van der Waals surface area contributed by atoms with Gasteiger partial charge >= 0.3 is 0 Å². The van der Waals surface area contributed by atoms with E-state index in [1.807, 2.05) is 6.07 Å². The molecule has 7 heteroatoms. The van der Waals surface area contributed by atoms with Gasteiger partial charge in [-0.05, 0) is 18.9 Å². The molecule has 1 atom stereocenters. The molecule has 0 fully saturated rings. The Bertz CT molecular complexity index is 476. The molecule has 0 spiro atoms. The Hall–Kier alpha value is -1.18. The fourth-order valence-electron chi connectivity index (χ4n) is 1.73. The van der Waals surface area contributed by atoms with Gasteiger partial charge in [0.25, 0.3) is 0 Å². The third kappa shape index (κ3) is 4.59. The minimum absolute atomic E-state index is 0.148. The number of hydrogen-bond acceptors (Lipinski definition) is 6. The van der Waals surface area contributed by atoms with E-state index >= 15 is 0 Å². The van der Waals surface area contributed by atoms with Gasteiger partial charge in [-0.25, -0.2) is 8.42 Å². The maximum Gasteiger partial charge on any atom is 0.147 e. The second kappa shape index (κ2) is 6.67. The second-order valence-corrected chi connectivity index (χ2v) is 6.37. The van der Waals surface area contributed by atoms with E-state index in [1.54, 1.807) is 19.5 Å². The van der Waals surface area contributed by atoms with Crippen molar-refractivity contribution in [1.29, 1.82) is 0 Å². The van der Waals surface area contributed by atoms with Crippen LogP contribution in [0.3, 0.4) is 0 Å². The molecule has 102 valence electrons. The summed E-state index contributed by atoms with van der Waals surface area (Å²) < 4.78 is 27.3. The Morgan fingerprint density at radius 1 is 1.56 bits per heavy atom. The summed E-state index contributed by atoms with van der Waals surface area (Å²) in [6.07, 6.45) is 5.64. The molecule has 0 saturated carbocycles. The first-order valence-electron chi connectivity index (χ1n) is 5.59. The first kappa shape index (κ1) is 14.9. The highest BCUT2D eigenvalue weighted by molar-refractivity contribution is 7.90. The minimum Gasteiger partial charge on any atom is -0.495 e. The van der Waals surface area contributed by atoms with Crippen LogP contribution in [0.2, 0.25) is 0 Å². The van der Waals surface area contributed by atoms with Gasteiger partial charge in [-0.1, -0.05) is 0 Å². The Balaban J connectivity index is 2.71. The summed E-state index contributed by atoms with van der Waals surface area (Å²) in [4.78, 5) is 3.96. The van der Waals surface area contributed by atoms with Gasteiger partial charge in [0, 0.05) is 29.8 Å². The summed E-state index contributed by atoms with van der Waals surface area (Å²) in [5.74, 6) is 6.29. The van der Waals surface area contributed by atoms with Gasteiger partial charge < -0.3 is 4.74 Å². The highest BCUT2D eigenvalue weighted by Crippen LogP contribution is 2.26. The van der Waals surface area contributed by atoms with E-state index in [0.717, 1.165) is 5.56 Å². The Kier molecular flexibility index (Phi) is 5.52. The molecule has 6 nitrogen and oxygen atoms in total. The average Bonchev–Trinajstić information content (AvgIpc) is 2.33. The van der Waals surface area contributed by atoms with Crippen molar-refractivity contribution in [2.24, 2.45) is 5.84 Å².